The van der Waals surface area contributed by atoms with Crippen molar-refractivity contribution < 1.29 is 23.1 Å². The summed E-state index contributed by atoms with van der Waals surface area (Å²) >= 11 is 0. The number of nitrogens with zero attached hydrogens (tertiary/aromatic N) is 2. The molecule has 23 heavy (non-hydrogen) atoms. The zero-order chi connectivity index (χ0) is 16.7. The van der Waals surface area contributed by atoms with Gasteiger partial charge >= 0.3 is 5.97 Å². The van der Waals surface area contributed by atoms with Gasteiger partial charge in [0, 0.05) is 13.1 Å². The normalized spacial score (nSPS) is 29.1. The zero-order valence-corrected chi connectivity index (χ0v) is 13.0. The maximum atomic E-state index is 13.1. The van der Waals surface area contributed by atoms with Gasteiger partial charge in [-0.25, -0.2) is 8.78 Å². The van der Waals surface area contributed by atoms with Gasteiger partial charge in [0.2, 0.25) is 0 Å². The molecule has 126 valence electrons. The van der Waals surface area contributed by atoms with E-state index in [0.717, 1.165) is 30.1 Å². The van der Waals surface area contributed by atoms with Crippen LogP contribution in [0.4, 0.5) is 8.78 Å². The van der Waals surface area contributed by atoms with Crippen LogP contribution in [0, 0.1) is 17.8 Å². The summed E-state index contributed by atoms with van der Waals surface area (Å²) in [4.78, 5) is 24.4. The number of alkyl halides is 2. The second kappa shape index (κ2) is 5.90. The van der Waals surface area contributed by atoms with Crippen molar-refractivity contribution in [1.82, 2.24) is 15.1 Å². The summed E-state index contributed by atoms with van der Waals surface area (Å²) < 4.78 is 32.0. The van der Waals surface area contributed by atoms with Gasteiger partial charge in [-0.3, -0.25) is 14.3 Å². The average molecular weight is 327 g/mol. The Hall–Kier alpha value is -1.99. The van der Waals surface area contributed by atoms with E-state index < -0.39 is 23.9 Å². The highest BCUT2D eigenvalue weighted by molar-refractivity contribution is 5.95. The second-order valence-corrected chi connectivity index (χ2v) is 6.25. The Labute approximate surface area is 132 Å². The van der Waals surface area contributed by atoms with Crippen LogP contribution >= 0.6 is 0 Å². The van der Waals surface area contributed by atoms with Gasteiger partial charge in [-0.05, 0) is 31.1 Å². The van der Waals surface area contributed by atoms with E-state index in [1.165, 1.54) is 14.2 Å². The molecule has 2 fully saturated rings. The lowest BCUT2D eigenvalue weighted by molar-refractivity contribution is -0.148. The molecule has 1 N–H and O–H groups in total. The minimum absolute atomic E-state index is 0.145. The molecule has 3 rings (SSSR count). The van der Waals surface area contributed by atoms with E-state index in [0.29, 0.717) is 0 Å². The Kier molecular flexibility index (Phi) is 4.08. The van der Waals surface area contributed by atoms with E-state index in [9.17, 15) is 18.4 Å². The van der Waals surface area contributed by atoms with E-state index >= 15 is 0 Å². The van der Waals surface area contributed by atoms with E-state index in [2.05, 4.69) is 10.4 Å². The van der Waals surface area contributed by atoms with Crippen molar-refractivity contribution in [2.24, 2.45) is 24.8 Å². The quantitative estimate of drug-likeness (QED) is 0.854. The molecule has 0 aliphatic heterocycles. The third-order valence-electron chi connectivity index (χ3n) is 5.12. The van der Waals surface area contributed by atoms with Crippen LogP contribution in [0.1, 0.15) is 41.7 Å². The van der Waals surface area contributed by atoms with Crippen molar-refractivity contribution in [2.45, 2.75) is 31.7 Å². The number of carbonyl (C=O) groups excluding carboxylic acids is 2. The summed E-state index contributed by atoms with van der Waals surface area (Å²) in [5.41, 5.74) is -0.561. The Bertz CT molecular complexity index is 631. The molecule has 0 unspecified atom stereocenters. The first-order valence-electron chi connectivity index (χ1n) is 7.62. The molecule has 0 radical (unpaired) electrons. The monoisotopic (exact) mass is 327 g/mol. The van der Waals surface area contributed by atoms with Crippen molar-refractivity contribution in [3.8, 4) is 0 Å². The topological polar surface area (TPSA) is 73.2 Å². The highest BCUT2D eigenvalue weighted by Crippen LogP contribution is 2.49. The van der Waals surface area contributed by atoms with E-state index in [1.807, 2.05) is 0 Å². The molecule has 2 bridgehead atoms. The summed E-state index contributed by atoms with van der Waals surface area (Å²) in [7, 11) is 2.69. The number of aromatic nitrogens is 2. The van der Waals surface area contributed by atoms with Crippen LogP contribution in [-0.2, 0) is 16.6 Å². The van der Waals surface area contributed by atoms with Crippen LogP contribution in [0.2, 0.25) is 0 Å². The molecule has 1 amide bonds. The third-order valence-corrected chi connectivity index (χ3v) is 5.12. The first-order chi connectivity index (χ1) is 10.9. The number of fused-ring (bicyclic) bond motifs is 2. The molecular formula is C15H19F2N3O3. The number of aryl methyl sites for hydroxylation is 1. The minimum Gasteiger partial charge on any atom is -0.469 e. The molecule has 8 heteroatoms. The van der Waals surface area contributed by atoms with Crippen LogP contribution in [-0.4, -0.2) is 34.8 Å². The molecule has 2 aliphatic rings. The molecule has 6 nitrogen and oxygen atoms in total. The van der Waals surface area contributed by atoms with Crippen LogP contribution in [0.3, 0.4) is 0 Å². The largest absolute Gasteiger partial charge is 0.469 e. The lowest BCUT2D eigenvalue weighted by Gasteiger charge is -2.29. The second-order valence-electron chi connectivity index (χ2n) is 6.25. The highest BCUT2D eigenvalue weighted by atomic mass is 19.3. The minimum atomic E-state index is -2.79. The van der Waals surface area contributed by atoms with Crippen molar-refractivity contribution in [3.63, 3.8) is 0 Å². The third kappa shape index (κ3) is 2.60. The summed E-state index contributed by atoms with van der Waals surface area (Å²) in [6, 6.07) is -0.362. The van der Waals surface area contributed by atoms with Crippen LogP contribution in [0.5, 0.6) is 0 Å². The Morgan fingerprint density at radius 3 is 2.74 bits per heavy atom. The van der Waals surface area contributed by atoms with E-state index in [1.54, 1.807) is 0 Å². The lowest BCUT2D eigenvalue weighted by Crippen LogP contribution is -2.47. The number of esters is 1. The fraction of sp³-hybridized carbons (Fsp3) is 0.667. The lowest BCUT2D eigenvalue weighted by atomic mass is 9.84. The number of hydrogen-bond acceptors (Lipinski definition) is 4. The average Bonchev–Trinajstić information content (AvgIpc) is 3.20. The highest BCUT2D eigenvalue weighted by Gasteiger charge is 2.52. The van der Waals surface area contributed by atoms with Crippen molar-refractivity contribution >= 4 is 11.9 Å². The molecule has 1 heterocycles. The standard InChI is InChI=1S/C15H19F2N3O3/c1-20-12(13(16)17)9(6-18-20)14(21)19-11-8-4-3-7(5-8)10(11)15(22)23-2/h6-8,10-11,13H,3-5H2,1-2H3,(H,19,21)/t7-,8-,10-,11-/m0/s1. The summed E-state index contributed by atoms with van der Waals surface area (Å²) in [5, 5.41) is 6.51. The smallest absolute Gasteiger partial charge is 0.311 e. The van der Waals surface area contributed by atoms with Crippen LogP contribution < -0.4 is 5.32 Å². The van der Waals surface area contributed by atoms with Gasteiger partial charge in [-0.2, -0.15) is 5.10 Å². The molecule has 0 aromatic carbocycles. The number of amides is 1. The van der Waals surface area contributed by atoms with Gasteiger partial charge in [0.25, 0.3) is 12.3 Å². The predicted octanol–water partition coefficient (Wildman–Crippen LogP) is 1.68. The number of nitrogens with one attached hydrogen (secondary N) is 1. The van der Waals surface area contributed by atoms with Crippen molar-refractivity contribution in [3.05, 3.63) is 17.5 Å². The first-order valence-corrected chi connectivity index (χ1v) is 7.62. The maximum Gasteiger partial charge on any atom is 0.311 e. The number of halogens is 2. The molecule has 4 atom stereocenters. The number of carbonyl (C=O) groups is 2. The SMILES string of the molecule is COC(=O)[C@H]1[C@H]2CC[C@@H](C2)[C@@H]1NC(=O)c1cnn(C)c1C(F)F. The van der Waals surface area contributed by atoms with Crippen LogP contribution in [0.15, 0.2) is 6.20 Å². The number of hydrogen-bond donors (Lipinski definition) is 1. The van der Waals surface area contributed by atoms with Crippen molar-refractivity contribution in [2.75, 3.05) is 7.11 Å². The summed E-state index contributed by atoms with van der Waals surface area (Å²) in [5.74, 6) is -0.960. The molecule has 2 saturated carbocycles. The van der Waals surface area contributed by atoms with Gasteiger partial charge in [0.05, 0.1) is 24.8 Å². The zero-order valence-electron chi connectivity index (χ0n) is 13.0. The number of methoxy groups -OCH3 is 1. The summed E-state index contributed by atoms with van der Waals surface area (Å²) in [6.07, 6.45) is 1.07. The Balaban J connectivity index is 1.81. The molecule has 0 spiro atoms. The Morgan fingerprint density at radius 2 is 2.09 bits per heavy atom. The summed E-state index contributed by atoms with van der Waals surface area (Å²) in [6.45, 7) is 0. The number of ether oxygens (including phenoxy) is 1. The fourth-order valence-corrected chi connectivity index (χ4v) is 4.08. The Morgan fingerprint density at radius 1 is 1.39 bits per heavy atom. The van der Waals surface area contributed by atoms with Gasteiger partial charge < -0.3 is 10.1 Å². The fourth-order valence-electron chi connectivity index (χ4n) is 4.08. The molecule has 1 aromatic rings. The molecular weight excluding hydrogens is 308 g/mol. The van der Waals surface area contributed by atoms with Gasteiger partial charge in [0.15, 0.2) is 0 Å². The molecule has 1 aromatic heterocycles. The molecule has 0 saturated heterocycles. The van der Waals surface area contributed by atoms with E-state index in [-0.39, 0.29) is 29.4 Å². The maximum absolute atomic E-state index is 13.1. The molecule has 2 aliphatic carbocycles. The van der Waals surface area contributed by atoms with E-state index in [4.69, 9.17) is 4.74 Å². The predicted molar refractivity (Wildman–Crippen MR) is 75.8 cm³/mol. The first kappa shape index (κ1) is 15.9. The van der Waals surface area contributed by atoms with Gasteiger partial charge in [0.1, 0.15) is 5.69 Å². The van der Waals surface area contributed by atoms with Crippen LogP contribution in [0.25, 0.3) is 0 Å². The number of rotatable bonds is 4. The van der Waals surface area contributed by atoms with Crippen molar-refractivity contribution in [1.29, 1.82) is 0 Å². The van der Waals surface area contributed by atoms with Gasteiger partial charge in [-0.1, -0.05) is 0 Å². The van der Waals surface area contributed by atoms with Gasteiger partial charge in [-0.15, -0.1) is 0 Å².